The highest BCUT2D eigenvalue weighted by Gasteiger charge is 2.35. The third kappa shape index (κ3) is 3.77. The van der Waals surface area contributed by atoms with E-state index in [-0.39, 0.29) is 11.8 Å². The molecule has 5 rings (SSSR count). The normalized spacial score (nSPS) is 20.4. The number of para-hydroxylation sites is 3. The number of benzene rings is 2. The van der Waals surface area contributed by atoms with Crippen LogP contribution in [0.15, 0.2) is 53.0 Å². The summed E-state index contributed by atoms with van der Waals surface area (Å²) < 4.78 is 8.75. The van der Waals surface area contributed by atoms with Crippen molar-refractivity contribution in [2.24, 2.45) is 0 Å². The van der Waals surface area contributed by atoms with Crippen molar-refractivity contribution in [1.29, 1.82) is 0 Å². The Hall–Kier alpha value is -2.22. The number of hydrogen-bond acceptors (Lipinski definition) is 4. The Balaban J connectivity index is 1.43. The van der Waals surface area contributed by atoms with Crippen molar-refractivity contribution in [3.05, 3.63) is 58.8 Å². The first kappa shape index (κ1) is 19.7. The Morgan fingerprint density at radius 2 is 1.80 bits per heavy atom. The van der Waals surface area contributed by atoms with Crippen molar-refractivity contribution in [1.82, 2.24) is 14.5 Å². The first-order valence-corrected chi connectivity index (χ1v) is 11.3. The van der Waals surface area contributed by atoms with Crippen LogP contribution in [-0.4, -0.2) is 59.8 Å². The topological polar surface area (TPSA) is 50.6 Å². The lowest BCUT2D eigenvalue weighted by Gasteiger charge is -2.27. The van der Waals surface area contributed by atoms with E-state index >= 15 is 0 Å². The molecule has 7 heteroatoms. The predicted molar refractivity (Wildman–Crippen MR) is 121 cm³/mol. The minimum absolute atomic E-state index is 0.0849. The summed E-state index contributed by atoms with van der Waals surface area (Å²) in [5, 5.41) is 0. The molecular weight excluding hydrogens is 444 g/mol. The summed E-state index contributed by atoms with van der Waals surface area (Å²) in [6, 6.07) is 16.2. The minimum Gasteiger partial charge on any atom is -0.379 e. The maximum Gasteiger partial charge on any atom is 0.227 e. The summed E-state index contributed by atoms with van der Waals surface area (Å²) in [7, 11) is 0. The number of hydrogen-bond donors (Lipinski definition) is 0. The summed E-state index contributed by atoms with van der Waals surface area (Å²) in [6.07, 6.45) is 0.488. The van der Waals surface area contributed by atoms with Gasteiger partial charge in [-0.1, -0.05) is 24.3 Å². The smallest absolute Gasteiger partial charge is 0.227 e. The standard InChI is InChI=1S/C23H25BrN4O2/c24-18-5-1-3-7-20(18)28-16-17(15-22(28)29)23-25-19-6-2-4-8-21(19)27(23)10-9-26-11-13-30-14-12-26/h1-8,17H,9-16H2/t17-/m1/s1. The van der Waals surface area contributed by atoms with E-state index in [0.717, 1.165) is 66.4 Å². The van der Waals surface area contributed by atoms with Gasteiger partial charge in [0.25, 0.3) is 0 Å². The molecular formula is C23H25BrN4O2. The highest BCUT2D eigenvalue weighted by molar-refractivity contribution is 9.10. The molecule has 6 nitrogen and oxygen atoms in total. The van der Waals surface area contributed by atoms with E-state index in [1.807, 2.05) is 35.2 Å². The van der Waals surface area contributed by atoms with E-state index in [1.165, 1.54) is 0 Å². The van der Waals surface area contributed by atoms with Crippen LogP contribution in [0.2, 0.25) is 0 Å². The maximum atomic E-state index is 12.9. The SMILES string of the molecule is O=C1C[C@@H](c2nc3ccccc3n2CCN2CCOCC2)CN1c1ccccc1Br. The second-order valence-corrected chi connectivity index (χ2v) is 8.78. The number of anilines is 1. The molecule has 0 N–H and O–H groups in total. The van der Waals surface area contributed by atoms with Gasteiger partial charge in [0.1, 0.15) is 5.82 Å². The van der Waals surface area contributed by atoms with Crippen LogP contribution < -0.4 is 4.90 Å². The molecule has 2 fully saturated rings. The third-order valence-electron chi connectivity index (χ3n) is 6.06. The van der Waals surface area contributed by atoms with Crippen molar-refractivity contribution < 1.29 is 9.53 Å². The van der Waals surface area contributed by atoms with Crippen LogP contribution in [0.1, 0.15) is 18.2 Å². The van der Waals surface area contributed by atoms with E-state index in [0.29, 0.717) is 13.0 Å². The molecule has 0 radical (unpaired) electrons. The zero-order valence-electron chi connectivity index (χ0n) is 16.8. The number of carbonyl (C=O) groups excluding carboxylic acids is 1. The zero-order chi connectivity index (χ0) is 20.5. The van der Waals surface area contributed by atoms with Crippen molar-refractivity contribution in [2.45, 2.75) is 18.9 Å². The monoisotopic (exact) mass is 468 g/mol. The van der Waals surface area contributed by atoms with Gasteiger partial charge in [0.05, 0.1) is 29.9 Å². The average molecular weight is 469 g/mol. The van der Waals surface area contributed by atoms with Crippen LogP contribution in [0.3, 0.4) is 0 Å². The number of ether oxygens (including phenoxy) is 1. The number of fused-ring (bicyclic) bond motifs is 1. The molecule has 30 heavy (non-hydrogen) atoms. The number of rotatable bonds is 5. The van der Waals surface area contributed by atoms with Crippen LogP contribution in [-0.2, 0) is 16.1 Å². The Morgan fingerprint density at radius 1 is 1.03 bits per heavy atom. The van der Waals surface area contributed by atoms with Crippen molar-refractivity contribution in [2.75, 3.05) is 44.3 Å². The number of carbonyl (C=O) groups is 1. The van der Waals surface area contributed by atoms with Crippen LogP contribution in [0, 0.1) is 0 Å². The first-order chi connectivity index (χ1) is 14.7. The molecule has 1 atom stereocenters. The van der Waals surface area contributed by atoms with Crippen LogP contribution >= 0.6 is 15.9 Å². The lowest BCUT2D eigenvalue weighted by atomic mass is 10.1. The maximum absolute atomic E-state index is 12.9. The first-order valence-electron chi connectivity index (χ1n) is 10.5. The molecule has 0 unspecified atom stereocenters. The van der Waals surface area contributed by atoms with E-state index in [1.54, 1.807) is 0 Å². The number of amides is 1. The molecule has 156 valence electrons. The van der Waals surface area contributed by atoms with Crippen molar-refractivity contribution in [3.8, 4) is 0 Å². The zero-order valence-corrected chi connectivity index (χ0v) is 18.4. The highest BCUT2D eigenvalue weighted by atomic mass is 79.9. The van der Waals surface area contributed by atoms with E-state index in [9.17, 15) is 4.79 Å². The Kier molecular flexibility index (Phi) is 5.58. The molecule has 2 saturated heterocycles. The second-order valence-electron chi connectivity index (χ2n) is 7.92. The number of halogens is 1. The molecule has 3 aromatic rings. The molecule has 2 aliphatic rings. The van der Waals surface area contributed by atoms with Gasteiger partial charge in [-0.25, -0.2) is 4.98 Å². The molecule has 1 aromatic heterocycles. The predicted octanol–water partition coefficient (Wildman–Crippen LogP) is 3.65. The van der Waals surface area contributed by atoms with Gasteiger partial charge < -0.3 is 14.2 Å². The lowest BCUT2D eigenvalue weighted by molar-refractivity contribution is -0.117. The van der Waals surface area contributed by atoms with Gasteiger partial charge in [-0.05, 0) is 40.2 Å². The van der Waals surface area contributed by atoms with Crippen LogP contribution in [0.4, 0.5) is 5.69 Å². The van der Waals surface area contributed by atoms with Gasteiger partial charge in [-0.3, -0.25) is 9.69 Å². The van der Waals surface area contributed by atoms with Crippen LogP contribution in [0.5, 0.6) is 0 Å². The highest BCUT2D eigenvalue weighted by Crippen LogP contribution is 2.36. The van der Waals surface area contributed by atoms with E-state index < -0.39 is 0 Å². The number of nitrogens with zero attached hydrogens (tertiary/aromatic N) is 4. The fourth-order valence-electron chi connectivity index (χ4n) is 4.49. The van der Waals surface area contributed by atoms with Crippen molar-refractivity contribution >= 4 is 38.6 Å². The molecule has 0 spiro atoms. The quantitative estimate of drug-likeness (QED) is 0.573. The lowest BCUT2D eigenvalue weighted by Crippen LogP contribution is -2.38. The molecule has 0 saturated carbocycles. The van der Waals surface area contributed by atoms with Gasteiger partial charge in [-0.15, -0.1) is 0 Å². The van der Waals surface area contributed by atoms with Gasteiger partial charge in [0.15, 0.2) is 0 Å². The average Bonchev–Trinajstić information content (AvgIpc) is 3.34. The fraction of sp³-hybridized carbons (Fsp3) is 0.391. The van der Waals surface area contributed by atoms with Gasteiger partial charge >= 0.3 is 0 Å². The minimum atomic E-state index is 0.0849. The molecule has 2 aromatic carbocycles. The third-order valence-corrected chi connectivity index (χ3v) is 6.73. The molecule has 0 bridgehead atoms. The van der Waals surface area contributed by atoms with Gasteiger partial charge in [0.2, 0.25) is 5.91 Å². The van der Waals surface area contributed by atoms with Crippen LogP contribution in [0.25, 0.3) is 11.0 Å². The second kappa shape index (κ2) is 8.49. The summed E-state index contributed by atoms with van der Waals surface area (Å²) in [5.41, 5.74) is 3.08. The Labute approximate surface area is 184 Å². The summed E-state index contributed by atoms with van der Waals surface area (Å²) >= 11 is 3.59. The van der Waals surface area contributed by atoms with Gasteiger partial charge in [0, 0.05) is 49.5 Å². The van der Waals surface area contributed by atoms with E-state index in [2.05, 4.69) is 43.6 Å². The summed E-state index contributed by atoms with van der Waals surface area (Å²) in [4.78, 5) is 22.2. The number of imidazole rings is 1. The Morgan fingerprint density at radius 3 is 2.63 bits per heavy atom. The molecule has 3 heterocycles. The largest absolute Gasteiger partial charge is 0.379 e. The molecule has 0 aliphatic carbocycles. The fourth-order valence-corrected chi connectivity index (χ4v) is 4.99. The van der Waals surface area contributed by atoms with Gasteiger partial charge in [-0.2, -0.15) is 0 Å². The van der Waals surface area contributed by atoms with Crippen molar-refractivity contribution in [3.63, 3.8) is 0 Å². The number of aromatic nitrogens is 2. The summed E-state index contributed by atoms with van der Waals surface area (Å²) in [6.45, 7) is 6.04. The Bertz CT molecular complexity index is 1060. The molecule has 2 aliphatic heterocycles. The summed E-state index contributed by atoms with van der Waals surface area (Å²) in [5.74, 6) is 1.26. The van der Waals surface area contributed by atoms with E-state index in [4.69, 9.17) is 9.72 Å². The number of morpholine rings is 1. The molecule has 1 amide bonds.